The summed E-state index contributed by atoms with van der Waals surface area (Å²) in [5.74, 6) is 0.857. The molecule has 2 rings (SSSR count). The Balaban J connectivity index is 2.45. The van der Waals surface area contributed by atoms with Crippen LogP contribution < -0.4 is 10.5 Å². The smallest absolute Gasteiger partial charge is 0.124 e. The minimum absolute atomic E-state index is 0.0567. The van der Waals surface area contributed by atoms with Crippen LogP contribution >= 0.6 is 11.8 Å². The summed E-state index contributed by atoms with van der Waals surface area (Å²) in [5, 5.41) is 0. The summed E-state index contributed by atoms with van der Waals surface area (Å²) in [6.45, 7) is 6.24. The summed E-state index contributed by atoms with van der Waals surface area (Å²) >= 11 is 1.75. The van der Waals surface area contributed by atoms with Crippen LogP contribution in [0.1, 0.15) is 29.7 Å². The molecule has 2 nitrogen and oxygen atoms in total. The van der Waals surface area contributed by atoms with E-state index in [-0.39, 0.29) is 6.04 Å². The molecular formula is C17H21NOS. The number of benzene rings is 2. The van der Waals surface area contributed by atoms with Crippen molar-refractivity contribution in [2.24, 2.45) is 5.73 Å². The van der Waals surface area contributed by atoms with Gasteiger partial charge >= 0.3 is 0 Å². The maximum Gasteiger partial charge on any atom is 0.124 e. The van der Waals surface area contributed by atoms with Crippen LogP contribution in [-0.2, 0) is 0 Å². The van der Waals surface area contributed by atoms with E-state index in [9.17, 15) is 0 Å². The summed E-state index contributed by atoms with van der Waals surface area (Å²) in [7, 11) is 1.69. The molecule has 0 spiro atoms. The van der Waals surface area contributed by atoms with Gasteiger partial charge in [-0.1, -0.05) is 30.0 Å². The van der Waals surface area contributed by atoms with Crippen LogP contribution in [0.15, 0.2) is 46.2 Å². The fraction of sp³-hybridized carbons (Fsp3) is 0.294. The highest BCUT2D eigenvalue weighted by molar-refractivity contribution is 7.99. The Labute approximate surface area is 125 Å². The summed E-state index contributed by atoms with van der Waals surface area (Å²) in [4.78, 5) is 2.42. The highest BCUT2D eigenvalue weighted by Gasteiger charge is 2.14. The van der Waals surface area contributed by atoms with Gasteiger partial charge in [0.25, 0.3) is 0 Å². The summed E-state index contributed by atoms with van der Waals surface area (Å²) in [6, 6.07) is 12.5. The monoisotopic (exact) mass is 287 g/mol. The molecule has 0 aromatic heterocycles. The molecule has 0 bridgehead atoms. The molecule has 0 aliphatic carbocycles. The molecule has 2 aromatic carbocycles. The molecule has 0 saturated heterocycles. The number of aryl methyl sites for hydroxylation is 2. The van der Waals surface area contributed by atoms with Crippen molar-refractivity contribution in [1.29, 1.82) is 0 Å². The Bertz CT molecular complexity index is 608. The van der Waals surface area contributed by atoms with Crippen LogP contribution in [0, 0.1) is 13.8 Å². The first kappa shape index (κ1) is 14.9. The lowest BCUT2D eigenvalue weighted by Gasteiger charge is -2.17. The summed E-state index contributed by atoms with van der Waals surface area (Å²) < 4.78 is 5.45. The van der Waals surface area contributed by atoms with E-state index in [1.54, 1.807) is 18.9 Å². The van der Waals surface area contributed by atoms with Crippen LogP contribution in [0.4, 0.5) is 0 Å². The Morgan fingerprint density at radius 2 is 1.85 bits per heavy atom. The molecule has 0 saturated carbocycles. The topological polar surface area (TPSA) is 35.2 Å². The second-order valence-electron chi connectivity index (χ2n) is 5.03. The number of rotatable bonds is 4. The third kappa shape index (κ3) is 3.17. The minimum Gasteiger partial charge on any atom is -0.496 e. The molecule has 1 atom stereocenters. The zero-order chi connectivity index (χ0) is 14.7. The minimum atomic E-state index is -0.0567. The molecule has 106 valence electrons. The van der Waals surface area contributed by atoms with E-state index in [1.165, 1.54) is 16.0 Å². The molecule has 0 amide bonds. The molecule has 0 aliphatic heterocycles. The Kier molecular flexibility index (Phi) is 4.73. The van der Waals surface area contributed by atoms with Crippen LogP contribution in [0.2, 0.25) is 0 Å². The maximum atomic E-state index is 6.12. The number of hydrogen-bond donors (Lipinski definition) is 1. The zero-order valence-corrected chi connectivity index (χ0v) is 13.3. The van der Waals surface area contributed by atoms with E-state index in [0.717, 1.165) is 16.2 Å². The second kappa shape index (κ2) is 6.33. The standard InChI is InChI=1S/C17H21NOS/c1-11-8-9-12(2)16(10-11)20-15-7-5-6-14(19-4)17(15)13(3)18/h5-10,13H,18H2,1-4H3/t13-/m0/s1. The average molecular weight is 287 g/mol. The predicted molar refractivity (Wildman–Crippen MR) is 85.6 cm³/mol. The van der Waals surface area contributed by atoms with Crippen LogP contribution in [0.3, 0.4) is 0 Å². The van der Waals surface area contributed by atoms with Crippen molar-refractivity contribution in [1.82, 2.24) is 0 Å². The highest BCUT2D eigenvalue weighted by Crippen LogP contribution is 2.38. The van der Waals surface area contributed by atoms with Gasteiger partial charge < -0.3 is 10.5 Å². The van der Waals surface area contributed by atoms with Crippen molar-refractivity contribution < 1.29 is 4.74 Å². The fourth-order valence-corrected chi connectivity index (χ4v) is 3.43. The molecule has 2 N–H and O–H groups in total. The molecule has 0 radical (unpaired) electrons. The normalized spacial score (nSPS) is 12.2. The molecule has 3 heteroatoms. The van der Waals surface area contributed by atoms with E-state index >= 15 is 0 Å². The van der Waals surface area contributed by atoms with Crippen LogP contribution in [0.5, 0.6) is 5.75 Å². The van der Waals surface area contributed by atoms with Gasteiger partial charge in [-0.15, -0.1) is 0 Å². The number of methoxy groups -OCH3 is 1. The van der Waals surface area contributed by atoms with Gasteiger partial charge in [-0.2, -0.15) is 0 Å². The first-order chi connectivity index (χ1) is 9.52. The van der Waals surface area contributed by atoms with E-state index < -0.39 is 0 Å². The van der Waals surface area contributed by atoms with Crippen LogP contribution in [-0.4, -0.2) is 7.11 Å². The molecule has 2 aromatic rings. The second-order valence-corrected chi connectivity index (χ2v) is 6.12. The van der Waals surface area contributed by atoms with Crippen molar-refractivity contribution in [3.8, 4) is 5.75 Å². The van der Waals surface area contributed by atoms with Crippen LogP contribution in [0.25, 0.3) is 0 Å². The average Bonchev–Trinajstić information content (AvgIpc) is 2.42. The first-order valence-electron chi connectivity index (χ1n) is 6.70. The van der Waals surface area contributed by atoms with Crippen molar-refractivity contribution in [3.63, 3.8) is 0 Å². The number of hydrogen-bond acceptors (Lipinski definition) is 3. The quantitative estimate of drug-likeness (QED) is 0.900. The van der Waals surface area contributed by atoms with Crippen molar-refractivity contribution in [2.75, 3.05) is 7.11 Å². The van der Waals surface area contributed by atoms with E-state index in [1.807, 2.05) is 19.1 Å². The lowest BCUT2D eigenvalue weighted by molar-refractivity contribution is 0.405. The van der Waals surface area contributed by atoms with Gasteiger partial charge in [0.15, 0.2) is 0 Å². The summed E-state index contributed by atoms with van der Waals surface area (Å²) in [6.07, 6.45) is 0. The SMILES string of the molecule is COc1cccc(Sc2cc(C)ccc2C)c1[C@H](C)N. The van der Waals surface area contributed by atoms with Crippen molar-refractivity contribution >= 4 is 11.8 Å². The molecular weight excluding hydrogens is 266 g/mol. The zero-order valence-electron chi connectivity index (χ0n) is 12.4. The predicted octanol–water partition coefficient (Wildman–Crippen LogP) is 4.48. The molecule has 0 unspecified atom stereocenters. The van der Waals surface area contributed by atoms with E-state index in [0.29, 0.717) is 0 Å². The van der Waals surface area contributed by atoms with Gasteiger partial charge in [0.05, 0.1) is 7.11 Å². The first-order valence-corrected chi connectivity index (χ1v) is 7.52. The maximum absolute atomic E-state index is 6.12. The van der Waals surface area contributed by atoms with Gasteiger partial charge in [0.1, 0.15) is 5.75 Å². The molecule has 20 heavy (non-hydrogen) atoms. The number of nitrogens with two attached hydrogens (primary N) is 1. The van der Waals surface area contributed by atoms with Gasteiger partial charge in [-0.05, 0) is 50.1 Å². The largest absolute Gasteiger partial charge is 0.496 e. The molecule has 0 heterocycles. The lowest BCUT2D eigenvalue weighted by atomic mass is 10.1. The van der Waals surface area contributed by atoms with Gasteiger partial charge in [-0.25, -0.2) is 0 Å². The van der Waals surface area contributed by atoms with Gasteiger partial charge in [0, 0.05) is 21.4 Å². The van der Waals surface area contributed by atoms with E-state index in [2.05, 4.69) is 38.1 Å². The van der Waals surface area contributed by atoms with E-state index in [4.69, 9.17) is 10.5 Å². The molecule has 0 fully saturated rings. The highest BCUT2D eigenvalue weighted by atomic mass is 32.2. The third-order valence-corrected chi connectivity index (χ3v) is 4.50. The lowest BCUT2D eigenvalue weighted by Crippen LogP contribution is -2.08. The van der Waals surface area contributed by atoms with Crippen molar-refractivity contribution in [3.05, 3.63) is 53.1 Å². The summed E-state index contributed by atoms with van der Waals surface area (Å²) in [5.41, 5.74) is 9.73. The Hall–Kier alpha value is -1.45. The molecule has 0 aliphatic rings. The fourth-order valence-electron chi connectivity index (χ4n) is 2.18. The Morgan fingerprint density at radius 3 is 2.50 bits per heavy atom. The van der Waals surface area contributed by atoms with Gasteiger partial charge in [-0.3, -0.25) is 0 Å². The van der Waals surface area contributed by atoms with Crippen molar-refractivity contribution in [2.45, 2.75) is 36.6 Å². The van der Waals surface area contributed by atoms with Gasteiger partial charge in [0.2, 0.25) is 0 Å². The number of ether oxygens (including phenoxy) is 1. The third-order valence-electron chi connectivity index (χ3n) is 3.26. The Morgan fingerprint density at radius 1 is 1.10 bits per heavy atom.